The molecule has 0 heterocycles. The molecular formula is C15H13FO3. The number of carbonyl (C=O) groups is 1. The van der Waals surface area contributed by atoms with Crippen molar-refractivity contribution in [2.75, 3.05) is 0 Å². The van der Waals surface area contributed by atoms with Crippen LogP contribution in [0.3, 0.4) is 0 Å². The van der Waals surface area contributed by atoms with Gasteiger partial charge in [0.15, 0.2) is 0 Å². The number of carboxylic acids is 1. The summed E-state index contributed by atoms with van der Waals surface area (Å²) in [6.07, 6.45) is 0. The van der Waals surface area contributed by atoms with Crippen molar-refractivity contribution in [1.82, 2.24) is 0 Å². The average molecular weight is 260 g/mol. The number of ether oxygens (including phenoxy) is 1. The molecule has 2 aromatic carbocycles. The standard InChI is InChI=1S/C15H13FO3/c1-10-2-6-13(7-3-10)19-9-12-5-4-11(15(17)18)8-14(12)16/h2-8H,9H2,1H3,(H,17,18). The van der Waals surface area contributed by atoms with E-state index in [1.165, 1.54) is 12.1 Å². The molecule has 0 unspecified atom stereocenters. The van der Waals surface area contributed by atoms with Crippen LogP contribution in [0, 0.1) is 12.7 Å². The zero-order valence-electron chi connectivity index (χ0n) is 10.4. The number of rotatable bonds is 4. The first kappa shape index (κ1) is 13.1. The van der Waals surface area contributed by atoms with Crippen LogP contribution in [-0.4, -0.2) is 11.1 Å². The smallest absolute Gasteiger partial charge is 0.335 e. The third kappa shape index (κ3) is 3.31. The van der Waals surface area contributed by atoms with E-state index in [2.05, 4.69) is 0 Å². The summed E-state index contributed by atoms with van der Waals surface area (Å²) in [6.45, 7) is 2.03. The van der Waals surface area contributed by atoms with Crippen LogP contribution >= 0.6 is 0 Å². The quantitative estimate of drug-likeness (QED) is 0.916. The molecule has 3 nitrogen and oxygen atoms in total. The van der Waals surface area contributed by atoms with Crippen LogP contribution in [0.15, 0.2) is 42.5 Å². The van der Waals surface area contributed by atoms with Gasteiger partial charge in [-0.2, -0.15) is 0 Å². The van der Waals surface area contributed by atoms with Crippen molar-refractivity contribution in [2.45, 2.75) is 13.5 Å². The van der Waals surface area contributed by atoms with Gasteiger partial charge in [-0.3, -0.25) is 0 Å². The lowest BCUT2D eigenvalue weighted by molar-refractivity contribution is 0.0696. The van der Waals surface area contributed by atoms with Gasteiger partial charge in [0.2, 0.25) is 0 Å². The van der Waals surface area contributed by atoms with Crippen molar-refractivity contribution >= 4 is 5.97 Å². The summed E-state index contributed by atoms with van der Waals surface area (Å²) in [6, 6.07) is 11.2. The Labute approximate surface area is 110 Å². The van der Waals surface area contributed by atoms with Crippen molar-refractivity contribution < 1.29 is 19.0 Å². The van der Waals surface area contributed by atoms with Gasteiger partial charge in [0.05, 0.1) is 5.56 Å². The molecule has 2 rings (SSSR count). The number of aromatic carboxylic acids is 1. The van der Waals surface area contributed by atoms with Gasteiger partial charge in [0.25, 0.3) is 0 Å². The van der Waals surface area contributed by atoms with Gasteiger partial charge in [0, 0.05) is 5.56 Å². The third-order valence-corrected chi connectivity index (χ3v) is 2.72. The Balaban J connectivity index is 2.07. The second-order valence-electron chi connectivity index (χ2n) is 4.21. The highest BCUT2D eigenvalue weighted by Crippen LogP contribution is 2.16. The lowest BCUT2D eigenvalue weighted by atomic mass is 10.1. The van der Waals surface area contributed by atoms with E-state index in [4.69, 9.17) is 9.84 Å². The third-order valence-electron chi connectivity index (χ3n) is 2.72. The largest absolute Gasteiger partial charge is 0.489 e. The number of hydrogen-bond donors (Lipinski definition) is 1. The number of benzene rings is 2. The Morgan fingerprint density at radius 2 is 1.89 bits per heavy atom. The molecule has 0 spiro atoms. The second kappa shape index (κ2) is 5.52. The first-order chi connectivity index (χ1) is 9.06. The Kier molecular flexibility index (Phi) is 3.80. The van der Waals surface area contributed by atoms with E-state index in [0.717, 1.165) is 11.6 Å². The topological polar surface area (TPSA) is 46.5 Å². The zero-order valence-corrected chi connectivity index (χ0v) is 10.4. The highest BCUT2D eigenvalue weighted by molar-refractivity contribution is 5.87. The molecule has 1 N–H and O–H groups in total. The molecule has 0 fully saturated rings. The molecule has 0 saturated heterocycles. The summed E-state index contributed by atoms with van der Waals surface area (Å²) in [5.74, 6) is -1.08. The van der Waals surface area contributed by atoms with Gasteiger partial charge in [-0.25, -0.2) is 9.18 Å². The van der Waals surface area contributed by atoms with E-state index in [1.54, 1.807) is 12.1 Å². The van der Waals surface area contributed by atoms with Gasteiger partial charge in [-0.15, -0.1) is 0 Å². The van der Waals surface area contributed by atoms with Crippen LogP contribution in [0.4, 0.5) is 4.39 Å². The summed E-state index contributed by atoms with van der Waals surface area (Å²) in [5.41, 5.74) is 1.37. The van der Waals surface area contributed by atoms with E-state index in [0.29, 0.717) is 11.3 Å². The van der Waals surface area contributed by atoms with Crippen LogP contribution in [0.5, 0.6) is 5.75 Å². The van der Waals surface area contributed by atoms with E-state index in [1.807, 2.05) is 19.1 Å². The van der Waals surface area contributed by atoms with E-state index >= 15 is 0 Å². The maximum Gasteiger partial charge on any atom is 0.335 e. The predicted octanol–water partition coefficient (Wildman–Crippen LogP) is 3.41. The number of halogens is 1. The molecule has 0 aliphatic carbocycles. The fourth-order valence-corrected chi connectivity index (χ4v) is 1.59. The molecule has 4 heteroatoms. The molecule has 0 atom stereocenters. The molecule has 0 aromatic heterocycles. The number of aryl methyl sites for hydroxylation is 1. The minimum absolute atomic E-state index is 0.0643. The van der Waals surface area contributed by atoms with Crippen LogP contribution in [0.1, 0.15) is 21.5 Å². The van der Waals surface area contributed by atoms with Crippen molar-refractivity contribution in [3.05, 3.63) is 65.0 Å². The maximum absolute atomic E-state index is 13.6. The van der Waals surface area contributed by atoms with Crippen LogP contribution in [-0.2, 0) is 6.61 Å². The Morgan fingerprint density at radius 3 is 2.47 bits per heavy atom. The van der Waals surface area contributed by atoms with Crippen LogP contribution in [0.25, 0.3) is 0 Å². The monoisotopic (exact) mass is 260 g/mol. The highest BCUT2D eigenvalue weighted by Gasteiger charge is 2.08. The van der Waals surface area contributed by atoms with Gasteiger partial charge in [-0.1, -0.05) is 23.8 Å². The molecule has 0 aliphatic heterocycles. The summed E-state index contributed by atoms with van der Waals surface area (Å²) in [4.78, 5) is 10.7. The minimum atomic E-state index is -1.15. The van der Waals surface area contributed by atoms with E-state index in [9.17, 15) is 9.18 Å². The van der Waals surface area contributed by atoms with Gasteiger partial charge < -0.3 is 9.84 Å². The molecule has 0 aliphatic rings. The van der Waals surface area contributed by atoms with Crippen LogP contribution in [0.2, 0.25) is 0 Å². The van der Waals surface area contributed by atoms with Gasteiger partial charge in [0.1, 0.15) is 18.2 Å². The Hall–Kier alpha value is -2.36. The first-order valence-corrected chi connectivity index (χ1v) is 5.77. The predicted molar refractivity (Wildman–Crippen MR) is 68.9 cm³/mol. The summed E-state index contributed by atoms with van der Waals surface area (Å²) < 4.78 is 19.1. The van der Waals surface area contributed by atoms with Crippen molar-refractivity contribution in [2.24, 2.45) is 0 Å². The van der Waals surface area contributed by atoms with Crippen molar-refractivity contribution in [1.29, 1.82) is 0 Å². The second-order valence-corrected chi connectivity index (χ2v) is 4.21. The Bertz CT molecular complexity index is 591. The lowest BCUT2D eigenvalue weighted by Crippen LogP contribution is -2.02. The fourth-order valence-electron chi connectivity index (χ4n) is 1.59. The first-order valence-electron chi connectivity index (χ1n) is 5.77. The molecule has 0 amide bonds. The molecular weight excluding hydrogens is 247 g/mol. The van der Waals surface area contributed by atoms with Gasteiger partial charge >= 0.3 is 5.97 Å². The number of carboxylic acid groups (broad SMARTS) is 1. The SMILES string of the molecule is Cc1ccc(OCc2ccc(C(=O)O)cc2F)cc1. The minimum Gasteiger partial charge on any atom is -0.489 e. The van der Waals surface area contributed by atoms with Crippen molar-refractivity contribution in [3.63, 3.8) is 0 Å². The van der Waals surface area contributed by atoms with Gasteiger partial charge in [-0.05, 0) is 31.2 Å². The van der Waals surface area contributed by atoms with E-state index < -0.39 is 11.8 Å². The summed E-state index contributed by atoms with van der Waals surface area (Å²) >= 11 is 0. The maximum atomic E-state index is 13.6. The summed E-state index contributed by atoms with van der Waals surface area (Å²) in [7, 11) is 0. The summed E-state index contributed by atoms with van der Waals surface area (Å²) in [5, 5.41) is 8.74. The normalized spacial score (nSPS) is 10.2. The highest BCUT2D eigenvalue weighted by atomic mass is 19.1. The van der Waals surface area contributed by atoms with Crippen LogP contribution < -0.4 is 4.74 Å². The number of hydrogen-bond acceptors (Lipinski definition) is 2. The van der Waals surface area contributed by atoms with E-state index in [-0.39, 0.29) is 12.2 Å². The Morgan fingerprint density at radius 1 is 1.21 bits per heavy atom. The fraction of sp³-hybridized carbons (Fsp3) is 0.133. The molecule has 2 aromatic rings. The molecule has 0 radical (unpaired) electrons. The van der Waals surface area contributed by atoms with Crippen molar-refractivity contribution in [3.8, 4) is 5.75 Å². The molecule has 0 bridgehead atoms. The zero-order chi connectivity index (χ0) is 13.8. The average Bonchev–Trinajstić information content (AvgIpc) is 2.39. The molecule has 98 valence electrons. The lowest BCUT2D eigenvalue weighted by Gasteiger charge is -2.08. The molecule has 0 saturated carbocycles. The molecule has 19 heavy (non-hydrogen) atoms.